The first-order chi connectivity index (χ1) is 13.5. The lowest BCUT2D eigenvalue weighted by molar-refractivity contribution is -0.384. The molecule has 0 spiro atoms. The van der Waals surface area contributed by atoms with E-state index in [1.807, 2.05) is 30.3 Å². The van der Waals surface area contributed by atoms with Gasteiger partial charge in [-0.25, -0.2) is 0 Å². The number of hydrogen-bond acceptors (Lipinski definition) is 6. The van der Waals surface area contributed by atoms with E-state index < -0.39 is 16.7 Å². The van der Waals surface area contributed by atoms with Gasteiger partial charge in [0.1, 0.15) is 5.75 Å². The first-order valence-corrected chi connectivity index (χ1v) is 8.72. The SMILES string of the molecule is COc1cc([N+](=O)[O-])ccc1NC(=O)C(=O)N1CCN(c2ccccc2)CC1. The predicted molar refractivity (Wildman–Crippen MR) is 104 cm³/mol. The van der Waals surface area contributed by atoms with Gasteiger partial charge in [-0.05, 0) is 18.2 Å². The van der Waals surface area contributed by atoms with Crippen LogP contribution >= 0.6 is 0 Å². The molecule has 1 saturated heterocycles. The van der Waals surface area contributed by atoms with Gasteiger partial charge < -0.3 is 19.9 Å². The van der Waals surface area contributed by atoms with Gasteiger partial charge in [-0.3, -0.25) is 19.7 Å². The molecule has 0 aliphatic carbocycles. The van der Waals surface area contributed by atoms with Gasteiger partial charge in [0, 0.05) is 37.9 Å². The number of non-ortho nitro benzene ring substituents is 1. The number of nitro benzene ring substituents is 1. The van der Waals surface area contributed by atoms with Crippen molar-refractivity contribution in [3.05, 3.63) is 58.6 Å². The van der Waals surface area contributed by atoms with Gasteiger partial charge in [0.15, 0.2) is 0 Å². The number of amides is 2. The molecule has 2 amide bonds. The Morgan fingerprint density at radius 1 is 1.07 bits per heavy atom. The Bertz CT molecular complexity index is 879. The standard InChI is InChI=1S/C19H20N4O5/c1-28-17-13-15(23(26)27)7-8-16(17)20-18(24)19(25)22-11-9-21(10-12-22)14-5-3-2-4-6-14/h2-8,13H,9-12H2,1H3,(H,20,24). The van der Waals surface area contributed by atoms with Crippen LogP contribution in [0.3, 0.4) is 0 Å². The average molecular weight is 384 g/mol. The second-order valence-electron chi connectivity index (χ2n) is 6.21. The molecule has 28 heavy (non-hydrogen) atoms. The van der Waals surface area contributed by atoms with E-state index in [1.54, 1.807) is 0 Å². The molecule has 9 nitrogen and oxygen atoms in total. The number of hydrogen-bond donors (Lipinski definition) is 1. The van der Waals surface area contributed by atoms with Crippen molar-refractivity contribution < 1.29 is 19.2 Å². The second kappa shape index (κ2) is 8.38. The number of nitrogens with one attached hydrogen (secondary N) is 1. The molecule has 1 heterocycles. The van der Waals surface area contributed by atoms with Gasteiger partial charge in [0.25, 0.3) is 5.69 Å². The van der Waals surface area contributed by atoms with Crippen LogP contribution in [-0.4, -0.2) is 54.9 Å². The van der Waals surface area contributed by atoms with Gasteiger partial charge >= 0.3 is 11.8 Å². The number of anilines is 2. The summed E-state index contributed by atoms with van der Waals surface area (Å²) in [5, 5.41) is 13.3. The molecule has 2 aromatic carbocycles. The zero-order valence-corrected chi connectivity index (χ0v) is 15.3. The third kappa shape index (κ3) is 4.20. The third-order valence-corrected chi connectivity index (χ3v) is 4.53. The van der Waals surface area contributed by atoms with Gasteiger partial charge in [-0.15, -0.1) is 0 Å². The highest BCUT2D eigenvalue weighted by atomic mass is 16.6. The maximum atomic E-state index is 12.5. The summed E-state index contributed by atoms with van der Waals surface area (Å²) in [4.78, 5) is 38.7. The molecule has 1 aliphatic rings. The lowest BCUT2D eigenvalue weighted by Gasteiger charge is -2.35. The van der Waals surface area contributed by atoms with E-state index in [4.69, 9.17) is 4.74 Å². The van der Waals surface area contributed by atoms with E-state index in [9.17, 15) is 19.7 Å². The summed E-state index contributed by atoms with van der Waals surface area (Å²) in [5.74, 6) is -1.34. The monoisotopic (exact) mass is 384 g/mol. The fourth-order valence-corrected chi connectivity index (χ4v) is 3.02. The van der Waals surface area contributed by atoms with Gasteiger partial charge in [0.2, 0.25) is 0 Å². The maximum absolute atomic E-state index is 12.5. The Hall–Kier alpha value is -3.62. The molecule has 3 rings (SSSR count). The van der Waals surface area contributed by atoms with Gasteiger partial charge in [-0.1, -0.05) is 18.2 Å². The highest BCUT2D eigenvalue weighted by Crippen LogP contribution is 2.29. The zero-order valence-electron chi connectivity index (χ0n) is 15.3. The van der Waals surface area contributed by atoms with Crippen molar-refractivity contribution in [2.45, 2.75) is 0 Å². The fraction of sp³-hybridized carbons (Fsp3) is 0.263. The molecule has 9 heteroatoms. The molecule has 2 aromatic rings. The predicted octanol–water partition coefficient (Wildman–Crippen LogP) is 1.89. The van der Waals surface area contributed by atoms with Crippen LogP contribution < -0.4 is 15.0 Å². The van der Waals surface area contributed by atoms with E-state index in [-0.39, 0.29) is 17.1 Å². The van der Waals surface area contributed by atoms with E-state index in [2.05, 4.69) is 10.2 Å². The van der Waals surface area contributed by atoms with Crippen LogP contribution in [-0.2, 0) is 9.59 Å². The van der Waals surface area contributed by atoms with Crippen LogP contribution in [0.25, 0.3) is 0 Å². The molecule has 0 saturated carbocycles. The number of nitrogens with zero attached hydrogens (tertiary/aromatic N) is 3. The summed E-state index contributed by atoms with van der Waals surface area (Å²) in [6.07, 6.45) is 0. The number of carbonyl (C=O) groups excluding carboxylic acids is 2. The Labute approximate surface area is 161 Å². The lowest BCUT2D eigenvalue weighted by atomic mass is 10.2. The lowest BCUT2D eigenvalue weighted by Crippen LogP contribution is -2.51. The number of methoxy groups -OCH3 is 1. The minimum atomic E-state index is -0.805. The third-order valence-electron chi connectivity index (χ3n) is 4.53. The average Bonchev–Trinajstić information content (AvgIpc) is 2.74. The minimum absolute atomic E-state index is 0.115. The quantitative estimate of drug-likeness (QED) is 0.490. The number of nitro groups is 1. The molecular weight excluding hydrogens is 364 g/mol. The normalized spacial score (nSPS) is 13.8. The van der Waals surface area contributed by atoms with Gasteiger partial charge in [0.05, 0.1) is 23.8 Å². The van der Waals surface area contributed by atoms with Crippen molar-refractivity contribution >= 4 is 28.9 Å². The maximum Gasteiger partial charge on any atom is 0.314 e. The Kier molecular flexibility index (Phi) is 5.73. The van der Waals surface area contributed by atoms with Crippen LogP contribution in [0, 0.1) is 10.1 Å². The minimum Gasteiger partial charge on any atom is -0.494 e. The Morgan fingerprint density at radius 3 is 2.36 bits per heavy atom. The molecule has 0 unspecified atom stereocenters. The summed E-state index contributed by atoms with van der Waals surface area (Å²) in [6.45, 7) is 2.12. The molecule has 0 bridgehead atoms. The number of piperazine rings is 1. The van der Waals surface area contributed by atoms with Gasteiger partial charge in [-0.2, -0.15) is 0 Å². The molecule has 0 atom stereocenters. The first-order valence-electron chi connectivity index (χ1n) is 8.72. The molecule has 1 N–H and O–H groups in total. The van der Waals surface area contributed by atoms with E-state index >= 15 is 0 Å². The summed E-state index contributed by atoms with van der Waals surface area (Å²) in [6, 6.07) is 13.6. The summed E-state index contributed by atoms with van der Waals surface area (Å²) in [5.41, 5.74) is 1.11. The van der Waals surface area contributed by atoms with Crippen molar-refractivity contribution in [3.8, 4) is 5.75 Å². The number of carbonyl (C=O) groups is 2. The molecule has 0 aromatic heterocycles. The van der Waals surface area contributed by atoms with Crippen molar-refractivity contribution in [3.63, 3.8) is 0 Å². The topological polar surface area (TPSA) is 105 Å². The number of rotatable bonds is 4. The highest BCUT2D eigenvalue weighted by Gasteiger charge is 2.27. The number of benzene rings is 2. The second-order valence-corrected chi connectivity index (χ2v) is 6.21. The molecule has 1 aliphatic heterocycles. The zero-order chi connectivity index (χ0) is 20.1. The summed E-state index contributed by atoms with van der Waals surface area (Å²) >= 11 is 0. The van der Waals surface area contributed by atoms with Crippen LogP contribution in [0.15, 0.2) is 48.5 Å². The summed E-state index contributed by atoms with van der Waals surface area (Å²) in [7, 11) is 1.33. The van der Waals surface area contributed by atoms with Crippen molar-refractivity contribution in [1.29, 1.82) is 0 Å². The smallest absolute Gasteiger partial charge is 0.314 e. The van der Waals surface area contributed by atoms with E-state index in [1.165, 1.54) is 30.2 Å². The van der Waals surface area contributed by atoms with Crippen molar-refractivity contribution in [2.24, 2.45) is 0 Å². The van der Waals surface area contributed by atoms with E-state index in [0.717, 1.165) is 5.69 Å². The summed E-state index contributed by atoms with van der Waals surface area (Å²) < 4.78 is 5.07. The highest BCUT2D eigenvalue weighted by molar-refractivity contribution is 6.39. The Morgan fingerprint density at radius 2 is 1.75 bits per heavy atom. The van der Waals surface area contributed by atoms with Crippen LogP contribution in [0.4, 0.5) is 17.1 Å². The number of para-hydroxylation sites is 1. The van der Waals surface area contributed by atoms with Crippen LogP contribution in [0.5, 0.6) is 5.75 Å². The van der Waals surface area contributed by atoms with Crippen molar-refractivity contribution in [1.82, 2.24) is 4.90 Å². The molecule has 0 radical (unpaired) electrons. The number of ether oxygens (including phenoxy) is 1. The van der Waals surface area contributed by atoms with E-state index in [0.29, 0.717) is 26.2 Å². The fourth-order valence-electron chi connectivity index (χ4n) is 3.02. The molecule has 1 fully saturated rings. The Balaban J connectivity index is 1.61. The van der Waals surface area contributed by atoms with Crippen LogP contribution in [0.1, 0.15) is 0 Å². The first kappa shape index (κ1) is 19.2. The van der Waals surface area contributed by atoms with Crippen LogP contribution in [0.2, 0.25) is 0 Å². The molecular formula is C19H20N4O5. The molecule has 146 valence electrons. The largest absolute Gasteiger partial charge is 0.494 e. The van der Waals surface area contributed by atoms with Crippen molar-refractivity contribution in [2.75, 3.05) is 43.5 Å².